The van der Waals surface area contributed by atoms with Gasteiger partial charge in [-0.05, 0) is 68.5 Å². The van der Waals surface area contributed by atoms with Gasteiger partial charge in [-0.2, -0.15) is 5.10 Å². The van der Waals surface area contributed by atoms with Crippen LogP contribution in [0, 0.1) is 13.8 Å². The van der Waals surface area contributed by atoms with Crippen molar-refractivity contribution in [3.8, 4) is 10.6 Å². The van der Waals surface area contributed by atoms with Gasteiger partial charge in [0.15, 0.2) is 0 Å². The molecule has 0 radical (unpaired) electrons. The molecule has 3 heterocycles. The summed E-state index contributed by atoms with van der Waals surface area (Å²) < 4.78 is 4.08. The Balaban J connectivity index is 1.51. The van der Waals surface area contributed by atoms with E-state index in [1.54, 1.807) is 11.3 Å². The number of aromatic nitrogens is 3. The third-order valence-corrected chi connectivity index (χ3v) is 6.59. The van der Waals surface area contributed by atoms with Gasteiger partial charge < -0.3 is 9.88 Å². The first kappa shape index (κ1) is 20.7. The number of nitrogens with zero attached hydrogens (tertiary/aromatic N) is 3. The van der Waals surface area contributed by atoms with E-state index >= 15 is 0 Å². The molecule has 0 bridgehead atoms. The number of fused-ring (bicyclic) bond motifs is 1. The highest BCUT2D eigenvalue weighted by Crippen LogP contribution is 2.32. The van der Waals surface area contributed by atoms with E-state index < -0.39 is 0 Å². The summed E-state index contributed by atoms with van der Waals surface area (Å²) in [4.78, 5) is 13.9. The van der Waals surface area contributed by atoms with Crippen molar-refractivity contribution in [2.24, 2.45) is 0 Å². The fourth-order valence-electron chi connectivity index (χ4n) is 3.97. The molecule has 0 saturated heterocycles. The number of thiophene rings is 1. The highest BCUT2D eigenvalue weighted by Gasteiger charge is 2.15. The van der Waals surface area contributed by atoms with Crippen molar-refractivity contribution >= 4 is 39.7 Å². The maximum atomic E-state index is 12.8. The van der Waals surface area contributed by atoms with Gasteiger partial charge in [0.05, 0.1) is 16.3 Å². The molecule has 7 heteroatoms. The van der Waals surface area contributed by atoms with Gasteiger partial charge in [-0.1, -0.05) is 17.7 Å². The van der Waals surface area contributed by atoms with Crippen LogP contribution < -0.4 is 5.32 Å². The van der Waals surface area contributed by atoms with E-state index in [0.717, 1.165) is 40.1 Å². The fraction of sp³-hybridized carbons (Fsp3) is 0.304. The van der Waals surface area contributed by atoms with Crippen LogP contribution in [0.3, 0.4) is 0 Å². The number of carbonyl (C=O) groups excluding carboxylic acids is 1. The average Bonchev–Trinajstić information content (AvgIpc) is 3.42. The van der Waals surface area contributed by atoms with E-state index in [4.69, 9.17) is 11.6 Å². The van der Waals surface area contributed by atoms with Gasteiger partial charge in [0, 0.05) is 34.7 Å². The van der Waals surface area contributed by atoms with Crippen molar-refractivity contribution in [2.45, 2.75) is 40.3 Å². The van der Waals surface area contributed by atoms with Crippen LogP contribution in [0.5, 0.6) is 0 Å². The lowest BCUT2D eigenvalue weighted by Gasteiger charge is -2.11. The molecule has 0 fully saturated rings. The molecule has 1 aromatic carbocycles. The van der Waals surface area contributed by atoms with Gasteiger partial charge in [-0.25, -0.2) is 0 Å². The van der Waals surface area contributed by atoms with Crippen LogP contribution in [-0.2, 0) is 24.3 Å². The van der Waals surface area contributed by atoms with Gasteiger partial charge in [0.25, 0.3) is 0 Å². The summed E-state index contributed by atoms with van der Waals surface area (Å²) in [5.74, 6) is -0.00144. The SMILES string of the molecule is CCn1nc(C)c(CCNC(=O)Cn2c(-c3cccs3)cc3cc(Cl)ccc32)c1C. The van der Waals surface area contributed by atoms with Crippen LogP contribution in [0.4, 0.5) is 0 Å². The highest BCUT2D eigenvalue weighted by molar-refractivity contribution is 7.13. The van der Waals surface area contributed by atoms with Crippen LogP contribution in [0.15, 0.2) is 41.8 Å². The first-order valence-electron chi connectivity index (χ1n) is 10.1. The number of rotatable bonds is 7. The number of carbonyl (C=O) groups is 1. The molecule has 0 unspecified atom stereocenters. The molecule has 156 valence electrons. The maximum absolute atomic E-state index is 12.8. The summed E-state index contributed by atoms with van der Waals surface area (Å²) in [5, 5.41) is 11.4. The molecule has 4 rings (SSSR count). The Bertz CT molecular complexity index is 1190. The van der Waals surface area contributed by atoms with Gasteiger partial charge in [-0.15, -0.1) is 11.3 Å². The summed E-state index contributed by atoms with van der Waals surface area (Å²) in [5.41, 5.74) is 5.48. The predicted octanol–water partition coefficient (Wildman–Crippen LogP) is 5.22. The second kappa shape index (κ2) is 8.66. The molecule has 0 spiro atoms. The van der Waals surface area contributed by atoms with Crippen molar-refractivity contribution < 1.29 is 4.79 Å². The number of hydrogen-bond donors (Lipinski definition) is 1. The molecule has 1 N–H and O–H groups in total. The van der Waals surface area contributed by atoms with Crippen molar-refractivity contribution in [3.05, 3.63) is 63.8 Å². The normalized spacial score (nSPS) is 11.3. The molecule has 1 amide bonds. The molecule has 0 saturated carbocycles. The molecule has 0 aliphatic carbocycles. The number of aryl methyl sites for hydroxylation is 2. The van der Waals surface area contributed by atoms with Crippen molar-refractivity contribution in [3.63, 3.8) is 0 Å². The van der Waals surface area contributed by atoms with Crippen LogP contribution in [0.25, 0.3) is 21.5 Å². The van der Waals surface area contributed by atoms with E-state index in [1.165, 1.54) is 11.3 Å². The molecular weight excluding hydrogens is 416 g/mol. The third-order valence-electron chi connectivity index (χ3n) is 5.47. The van der Waals surface area contributed by atoms with Crippen LogP contribution >= 0.6 is 22.9 Å². The van der Waals surface area contributed by atoms with Crippen LogP contribution in [0.1, 0.15) is 23.9 Å². The largest absolute Gasteiger partial charge is 0.354 e. The Kier molecular flexibility index (Phi) is 5.97. The molecule has 30 heavy (non-hydrogen) atoms. The molecule has 0 atom stereocenters. The number of halogens is 1. The zero-order chi connectivity index (χ0) is 21.3. The molecular formula is C23H25ClN4OS. The summed E-state index contributed by atoms with van der Waals surface area (Å²) in [7, 11) is 0. The second-order valence-corrected chi connectivity index (χ2v) is 8.75. The molecule has 0 aliphatic rings. The van der Waals surface area contributed by atoms with E-state index in [1.807, 2.05) is 41.3 Å². The lowest BCUT2D eigenvalue weighted by molar-refractivity contribution is -0.121. The van der Waals surface area contributed by atoms with E-state index in [2.05, 4.69) is 41.0 Å². The Labute approximate surface area is 185 Å². The van der Waals surface area contributed by atoms with E-state index in [9.17, 15) is 4.79 Å². The monoisotopic (exact) mass is 440 g/mol. The lowest BCUT2D eigenvalue weighted by atomic mass is 10.1. The summed E-state index contributed by atoms with van der Waals surface area (Å²) in [6, 6.07) is 12.0. The maximum Gasteiger partial charge on any atom is 0.239 e. The second-order valence-electron chi connectivity index (χ2n) is 7.36. The Hall–Kier alpha value is -2.57. The fourth-order valence-corrected chi connectivity index (χ4v) is 4.90. The van der Waals surface area contributed by atoms with Gasteiger partial charge >= 0.3 is 0 Å². The topological polar surface area (TPSA) is 51.9 Å². The van der Waals surface area contributed by atoms with Gasteiger partial charge in [0.2, 0.25) is 5.91 Å². The lowest BCUT2D eigenvalue weighted by Crippen LogP contribution is -2.29. The zero-order valence-electron chi connectivity index (χ0n) is 17.4. The van der Waals surface area contributed by atoms with E-state index in [-0.39, 0.29) is 12.5 Å². The van der Waals surface area contributed by atoms with Gasteiger partial charge in [-0.3, -0.25) is 9.48 Å². The van der Waals surface area contributed by atoms with Crippen LogP contribution in [-0.4, -0.2) is 26.8 Å². The first-order chi connectivity index (χ1) is 14.5. The first-order valence-corrected chi connectivity index (χ1v) is 11.4. The summed E-state index contributed by atoms with van der Waals surface area (Å²) in [6.45, 7) is 7.92. The summed E-state index contributed by atoms with van der Waals surface area (Å²) >= 11 is 7.85. The van der Waals surface area contributed by atoms with Crippen LogP contribution in [0.2, 0.25) is 5.02 Å². The van der Waals surface area contributed by atoms with Crippen molar-refractivity contribution in [2.75, 3.05) is 6.54 Å². The van der Waals surface area contributed by atoms with E-state index in [0.29, 0.717) is 11.6 Å². The molecule has 0 aliphatic heterocycles. The third kappa shape index (κ3) is 4.02. The minimum atomic E-state index is -0.00144. The zero-order valence-corrected chi connectivity index (χ0v) is 19.0. The number of benzene rings is 1. The Morgan fingerprint density at radius 1 is 1.23 bits per heavy atom. The average molecular weight is 441 g/mol. The minimum Gasteiger partial charge on any atom is -0.354 e. The number of hydrogen-bond acceptors (Lipinski definition) is 3. The van der Waals surface area contributed by atoms with Crippen molar-refractivity contribution in [1.29, 1.82) is 0 Å². The standard InChI is InChI=1S/C23H25ClN4OS/c1-4-28-16(3)19(15(2)26-28)9-10-25-23(29)14-27-20-8-7-18(24)12-17(20)13-21(27)22-6-5-11-30-22/h5-8,11-13H,4,9-10,14H2,1-3H3,(H,25,29). The smallest absolute Gasteiger partial charge is 0.239 e. The molecule has 5 nitrogen and oxygen atoms in total. The summed E-state index contributed by atoms with van der Waals surface area (Å²) in [6.07, 6.45) is 0.781. The van der Waals surface area contributed by atoms with Gasteiger partial charge in [0.1, 0.15) is 6.54 Å². The molecule has 4 aromatic rings. The Morgan fingerprint density at radius 3 is 2.77 bits per heavy atom. The predicted molar refractivity (Wildman–Crippen MR) is 124 cm³/mol. The Morgan fingerprint density at radius 2 is 2.07 bits per heavy atom. The highest BCUT2D eigenvalue weighted by atomic mass is 35.5. The molecule has 3 aromatic heterocycles. The van der Waals surface area contributed by atoms with Crippen molar-refractivity contribution in [1.82, 2.24) is 19.7 Å². The number of amides is 1. The quantitative estimate of drug-likeness (QED) is 0.428. The minimum absolute atomic E-state index is 0.00144. The number of nitrogens with one attached hydrogen (secondary N) is 1.